The maximum absolute atomic E-state index is 12.8. The smallest absolute Gasteiger partial charge is 0.338 e. The Kier molecular flexibility index (Phi) is 8.25. The lowest BCUT2D eigenvalue weighted by atomic mass is 10.2. The molecule has 194 valence electrons. The van der Waals surface area contributed by atoms with Crippen LogP contribution in [0.3, 0.4) is 0 Å². The van der Waals surface area contributed by atoms with E-state index in [1.807, 2.05) is 13.8 Å². The van der Waals surface area contributed by atoms with Gasteiger partial charge in [0.05, 0.1) is 33.0 Å². The van der Waals surface area contributed by atoms with Gasteiger partial charge < -0.3 is 14.6 Å². The molecule has 13 heteroatoms. The Hall–Kier alpha value is -3.29. The molecule has 2 aromatic carbocycles. The maximum atomic E-state index is 12.8. The number of anilines is 1. The third-order valence-corrected chi connectivity index (χ3v) is 8.82. The topological polar surface area (TPSA) is 133 Å². The molecule has 0 bridgehead atoms. The minimum Gasteiger partial charge on any atom is -0.462 e. The lowest BCUT2D eigenvalue weighted by Gasteiger charge is -2.08. The molecule has 0 aliphatic rings. The first-order valence-electron chi connectivity index (χ1n) is 11.4. The normalized spacial score (nSPS) is 11.5. The van der Waals surface area contributed by atoms with Crippen molar-refractivity contribution in [3.63, 3.8) is 0 Å². The van der Waals surface area contributed by atoms with Crippen LogP contribution in [0.1, 0.15) is 35.6 Å². The number of nitrogens with zero attached hydrogens (tertiary/aromatic N) is 4. The summed E-state index contributed by atoms with van der Waals surface area (Å²) in [4.78, 5) is 29.1. The SMILES string of the molecule is CCOC(=O)c1ccc2nc(NC(=O)CSc3nnc(CS(=O)(=O)c4ccc(C)cc4)n3CC)sc2c1. The number of carbonyl (C=O) groups excluding carboxylic acids is 2. The fourth-order valence-electron chi connectivity index (χ4n) is 3.45. The van der Waals surface area contributed by atoms with Crippen LogP contribution in [-0.4, -0.2) is 52.4 Å². The molecule has 0 fully saturated rings. The van der Waals surface area contributed by atoms with Gasteiger partial charge in [-0.25, -0.2) is 18.2 Å². The number of esters is 1. The minimum atomic E-state index is -3.59. The zero-order valence-corrected chi connectivity index (χ0v) is 22.9. The van der Waals surface area contributed by atoms with Crippen molar-refractivity contribution in [2.24, 2.45) is 0 Å². The number of ether oxygens (including phenoxy) is 1. The molecule has 0 spiro atoms. The molecule has 0 aliphatic carbocycles. The highest BCUT2D eigenvalue weighted by molar-refractivity contribution is 7.99. The molecule has 2 heterocycles. The summed E-state index contributed by atoms with van der Waals surface area (Å²) >= 11 is 2.41. The second-order valence-electron chi connectivity index (χ2n) is 7.97. The first-order valence-corrected chi connectivity index (χ1v) is 14.9. The number of amides is 1. The molecule has 0 radical (unpaired) electrons. The molecule has 0 atom stereocenters. The first kappa shape index (κ1) is 26.8. The van der Waals surface area contributed by atoms with Gasteiger partial charge in [0, 0.05) is 6.54 Å². The maximum Gasteiger partial charge on any atom is 0.338 e. The Morgan fingerprint density at radius 3 is 2.57 bits per heavy atom. The van der Waals surface area contributed by atoms with E-state index in [0.717, 1.165) is 22.0 Å². The van der Waals surface area contributed by atoms with Crippen molar-refractivity contribution in [1.82, 2.24) is 19.7 Å². The van der Waals surface area contributed by atoms with Crippen molar-refractivity contribution in [2.45, 2.75) is 43.1 Å². The van der Waals surface area contributed by atoms with Crippen LogP contribution in [0.25, 0.3) is 10.2 Å². The summed E-state index contributed by atoms with van der Waals surface area (Å²) in [6.45, 7) is 6.24. The van der Waals surface area contributed by atoms with Crippen molar-refractivity contribution in [1.29, 1.82) is 0 Å². The number of thioether (sulfide) groups is 1. The summed E-state index contributed by atoms with van der Waals surface area (Å²) in [5, 5.41) is 11.8. The Morgan fingerprint density at radius 2 is 1.86 bits per heavy atom. The lowest BCUT2D eigenvalue weighted by Crippen LogP contribution is -2.15. The van der Waals surface area contributed by atoms with E-state index in [9.17, 15) is 18.0 Å². The standard InChI is InChI=1S/C24H25N5O5S3/c1-4-29-20(14-37(32,33)17-9-6-15(3)7-10-17)27-28-24(29)35-13-21(30)26-23-25-18-11-8-16(12-19(18)36-23)22(31)34-5-2/h6-12H,4-5,13-14H2,1-3H3,(H,25,26,30). The number of carbonyl (C=O) groups is 2. The lowest BCUT2D eigenvalue weighted by molar-refractivity contribution is -0.113. The van der Waals surface area contributed by atoms with Crippen LogP contribution in [0, 0.1) is 6.92 Å². The van der Waals surface area contributed by atoms with Gasteiger partial charge in [-0.05, 0) is 51.1 Å². The first-order chi connectivity index (χ1) is 17.7. The van der Waals surface area contributed by atoms with E-state index in [4.69, 9.17) is 4.74 Å². The second-order valence-corrected chi connectivity index (χ2v) is 11.9. The van der Waals surface area contributed by atoms with Gasteiger partial charge in [0.15, 0.2) is 20.1 Å². The van der Waals surface area contributed by atoms with Gasteiger partial charge in [-0.15, -0.1) is 10.2 Å². The van der Waals surface area contributed by atoms with E-state index in [2.05, 4.69) is 20.5 Å². The molecule has 4 aromatic rings. The summed E-state index contributed by atoms with van der Waals surface area (Å²) < 4.78 is 33.1. The Bertz CT molecular complexity index is 1540. The largest absolute Gasteiger partial charge is 0.462 e. The third kappa shape index (κ3) is 6.35. The summed E-state index contributed by atoms with van der Waals surface area (Å²) in [5.41, 5.74) is 2.05. The highest BCUT2D eigenvalue weighted by atomic mass is 32.2. The number of aryl methyl sites for hydroxylation is 1. The number of hydrogen-bond acceptors (Lipinski definition) is 10. The molecule has 1 N–H and O–H groups in total. The minimum absolute atomic E-state index is 0.0346. The number of fused-ring (bicyclic) bond motifs is 1. The van der Waals surface area contributed by atoms with Gasteiger partial charge >= 0.3 is 5.97 Å². The van der Waals surface area contributed by atoms with Crippen LogP contribution in [0.4, 0.5) is 5.13 Å². The van der Waals surface area contributed by atoms with E-state index in [1.165, 1.54) is 11.3 Å². The van der Waals surface area contributed by atoms with Crippen LogP contribution in [-0.2, 0) is 31.7 Å². The van der Waals surface area contributed by atoms with Crippen LogP contribution in [0.15, 0.2) is 52.5 Å². The highest BCUT2D eigenvalue weighted by Gasteiger charge is 2.22. The monoisotopic (exact) mass is 559 g/mol. The van der Waals surface area contributed by atoms with Crippen LogP contribution in [0.2, 0.25) is 0 Å². The van der Waals surface area contributed by atoms with Crippen molar-refractivity contribution >= 4 is 60.2 Å². The molecule has 0 unspecified atom stereocenters. The fraction of sp³-hybridized carbons (Fsp3) is 0.292. The van der Waals surface area contributed by atoms with Gasteiger partial charge in [-0.2, -0.15) is 0 Å². The molecule has 0 saturated carbocycles. The predicted octanol–water partition coefficient (Wildman–Crippen LogP) is 4.10. The number of sulfone groups is 1. The zero-order chi connectivity index (χ0) is 26.6. The molecule has 1 amide bonds. The predicted molar refractivity (Wildman–Crippen MR) is 143 cm³/mol. The molecule has 37 heavy (non-hydrogen) atoms. The van der Waals surface area contributed by atoms with Crippen molar-refractivity contribution in [3.05, 3.63) is 59.4 Å². The van der Waals surface area contributed by atoms with Crippen LogP contribution >= 0.6 is 23.1 Å². The van der Waals surface area contributed by atoms with Gasteiger partial charge in [0.25, 0.3) is 0 Å². The highest BCUT2D eigenvalue weighted by Crippen LogP contribution is 2.28. The number of thiazole rings is 1. The Labute approximate surface area is 222 Å². The molecule has 2 aromatic heterocycles. The van der Waals surface area contributed by atoms with E-state index in [0.29, 0.717) is 33.7 Å². The molecular formula is C24H25N5O5S3. The number of aromatic nitrogens is 4. The molecule has 0 aliphatic heterocycles. The average molecular weight is 560 g/mol. The van der Waals surface area contributed by atoms with Crippen LogP contribution < -0.4 is 5.32 Å². The second kappa shape index (κ2) is 11.4. The number of benzene rings is 2. The summed E-state index contributed by atoms with van der Waals surface area (Å²) in [7, 11) is -3.59. The zero-order valence-electron chi connectivity index (χ0n) is 20.4. The quantitative estimate of drug-likeness (QED) is 0.225. The van der Waals surface area contributed by atoms with E-state index >= 15 is 0 Å². The fourth-order valence-corrected chi connectivity index (χ4v) is 6.47. The average Bonchev–Trinajstić information content (AvgIpc) is 3.44. The Balaban J connectivity index is 1.40. The molecule has 0 saturated heterocycles. The molecule has 10 nitrogen and oxygen atoms in total. The molecular weight excluding hydrogens is 534 g/mol. The van der Waals surface area contributed by atoms with Gasteiger partial charge in [-0.3, -0.25) is 4.79 Å². The van der Waals surface area contributed by atoms with Gasteiger partial charge in [0.1, 0.15) is 11.6 Å². The van der Waals surface area contributed by atoms with Crippen LogP contribution in [0.5, 0.6) is 0 Å². The third-order valence-electron chi connectivity index (χ3n) is 5.29. The van der Waals surface area contributed by atoms with E-state index < -0.39 is 15.8 Å². The van der Waals surface area contributed by atoms with Gasteiger partial charge in [0.2, 0.25) is 5.91 Å². The van der Waals surface area contributed by atoms with E-state index in [1.54, 1.807) is 54.0 Å². The van der Waals surface area contributed by atoms with E-state index in [-0.39, 0.29) is 28.9 Å². The summed E-state index contributed by atoms with van der Waals surface area (Å²) in [6.07, 6.45) is 0. The van der Waals surface area contributed by atoms with Gasteiger partial charge in [-0.1, -0.05) is 40.8 Å². The van der Waals surface area contributed by atoms with Crippen molar-refractivity contribution < 1.29 is 22.7 Å². The van der Waals surface area contributed by atoms with Crippen molar-refractivity contribution in [2.75, 3.05) is 17.7 Å². The summed E-state index contributed by atoms with van der Waals surface area (Å²) in [6, 6.07) is 11.7. The molecule has 4 rings (SSSR count). The number of nitrogens with one attached hydrogen (secondary N) is 1. The summed E-state index contributed by atoms with van der Waals surface area (Å²) in [5.74, 6) is -0.648. The van der Waals surface area contributed by atoms with Crippen molar-refractivity contribution in [3.8, 4) is 0 Å². The number of hydrogen-bond donors (Lipinski definition) is 1. The number of rotatable bonds is 10. The Morgan fingerprint density at radius 1 is 1.11 bits per heavy atom.